The Hall–Kier alpha value is -0.0900. The molecule has 3 rings (SSSR count). The van der Waals surface area contributed by atoms with E-state index in [4.69, 9.17) is 5.73 Å². The molecule has 0 bridgehead atoms. The van der Waals surface area contributed by atoms with Crippen LogP contribution < -0.4 is 5.73 Å². The molecule has 3 nitrogen and oxygen atoms in total. The van der Waals surface area contributed by atoms with Gasteiger partial charge in [-0.15, -0.1) is 0 Å². The molecule has 0 heterocycles. The molecular weight excluding hydrogens is 246 g/mol. The van der Waals surface area contributed by atoms with Gasteiger partial charge in [-0.2, -0.15) is 0 Å². The third-order valence-corrected chi connectivity index (χ3v) is 7.05. The van der Waals surface area contributed by atoms with Gasteiger partial charge < -0.3 is 5.73 Å². The molecule has 0 spiro atoms. The maximum atomic E-state index is 11.9. The molecule has 0 saturated heterocycles. The van der Waals surface area contributed by atoms with Gasteiger partial charge in [0.05, 0.1) is 5.25 Å². The van der Waals surface area contributed by atoms with E-state index < -0.39 is 9.84 Å². The molecule has 0 amide bonds. The van der Waals surface area contributed by atoms with Gasteiger partial charge in [-0.25, -0.2) is 8.42 Å². The van der Waals surface area contributed by atoms with Crippen molar-refractivity contribution in [1.82, 2.24) is 0 Å². The third-order valence-electron chi connectivity index (χ3n) is 5.29. The van der Waals surface area contributed by atoms with Gasteiger partial charge in [0.1, 0.15) is 0 Å². The molecule has 0 aromatic heterocycles. The summed E-state index contributed by atoms with van der Waals surface area (Å²) in [6.07, 6.45) is 9.77. The summed E-state index contributed by atoms with van der Waals surface area (Å²) in [5.41, 5.74) is 6.25. The molecule has 0 aromatic carbocycles. The highest BCUT2D eigenvalue weighted by Crippen LogP contribution is 2.57. The number of nitrogens with two attached hydrogens (primary N) is 1. The fraction of sp³-hybridized carbons (Fsp3) is 1.00. The maximum Gasteiger partial charge on any atom is 0.150 e. The molecule has 3 saturated carbocycles. The van der Waals surface area contributed by atoms with Crippen LogP contribution in [0.2, 0.25) is 0 Å². The van der Waals surface area contributed by atoms with Crippen molar-refractivity contribution in [2.24, 2.45) is 28.9 Å². The Labute approximate surface area is 110 Å². The van der Waals surface area contributed by atoms with E-state index in [1.807, 2.05) is 0 Å². The maximum absolute atomic E-state index is 11.9. The Morgan fingerprint density at radius 1 is 1.17 bits per heavy atom. The molecule has 3 aliphatic rings. The summed E-state index contributed by atoms with van der Waals surface area (Å²) in [5.74, 6) is 1.75. The van der Waals surface area contributed by atoms with Crippen LogP contribution in [0.25, 0.3) is 0 Å². The lowest BCUT2D eigenvalue weighted by Gasteiger charge is -2.50. The summed E-state index contributed by atoms with van der Waals surface area (Å²) in [7, 11) is -2.87. The minimum atomic E-state index is -2.87. The lowest BCUT2D eigenvalue weighted by atomic mass is 9.58. The van der Waals surface area contributed by atoms with Gasteiger partial charge in [0.2, 0.25) is 0 Å². The summed E-state index contributed by atoms with van der Waals surface area (Å²) in [6, 6.07) is 0. The largest absolute Gasteiger partial charge is 0.330 e. The quantitative estimate of drug-likeness (QED) is 0.803. The first-order chi connectivity index (χ1) is 8.43. The molecule has 18 heavy (non-hydrogen) atoms. The minimum absolute atomic E-state index is 0.0589. The summed E-state index contributed by atoms with van der Waals surface area (Å²) >= 11 is 0. The van der Waals surface area contributed by atoms with E-state index >= 15 is 0 Å². The molecule has 4 heteroatoms. The van der Waals surface area contributed by atoms with Crippen LogP contribution in [0.15, 0.2) is 0 Å². The SMILES string of the molecule is CS(=O)(=O)C(C1CC1)C1CC(CN)(CC2CC2)C1. The number of hydrogen-bond acceptors (Lipinski definition) is 3. The van der Waals surface area contributed by atoms with Crippen molar-refractivity contribution in [3.8, 4) is 0 Å². The Morgan fingerprint density at radius 2 is 1.78 bits per heavy atom. The molecule has 3 fully saturated rings. The van der Waals surface area contributed by atoms with Gasteiger partial charge in [0, 0.05) is 6.26 Å². The monoisotopic (exact) mass is 271 g/mol. The zero-order chi connectivity index (χ0) is 13.0. The van der Waals surface area contributed by atoms with Crippen LogP contribution >= 0.6 is 0 Å². The first-order valence-corrected chi connectivity index (χ1v) is 9.28. The van der Waals surface area contributed by atoms with Crippen LogP contribution in [-0.2, 0) is 9.84 Å². The average Bonchev–Trinajstić information content (AvgIpc) is 3.06. The van der Waals surface area contributed by atoms with Crippen LogP contribution in [0.5, 0.6) is 0 Å². The van der Waals surface area contributed by atoms with Gasteiger partial charge in [-0.1, -0.05) is 12.8 Å². The van der Waals surface area contributed by atoms with E-state index in [1.165, 1.54) is 25.5 Å². The fourth-order valence-electron chi connectivity index (χ4n) is 4.14. The molecule has 1 atom stereocenters. The second-order valence-electron chi connectivity index (χ2n) is 7.15. The standard InChI is InChI=1S/C14H25NO2S/c1-18(16,17)13(11-4-5-11)12-7-14(8-12,9-15)6-10-2-3-10/h10-13H,2-9,15H2,1H3. The predicted molar refractivity (Wildman–Crippen MR) is 72.9 cm³/mol. The molecule has 0 aromatic rings. The highest BCUT2D eigenvalue weighted by atomic mass is 32.2. The second-order valence-corrected chi connectivity index (χ2v) is 9.35. The van der Waals surface area contributed by atoms with E-state index in [0.29, 0.717) is 17.3 Å². The van der Waals surface area contributed by atoms with Crippen molar-refractivity contribution in [3.63, 3.8) is 0 Å². The topological polar surface area (TPSA) is 60.2 Å². The normalized spacial score (nSPS) is 38.2. The smallest absolute Gasteiger partial charge is 0.150 e. The number of rotatable bonds is 6. The number of hydrogen-bond donors (Lipinski definition) is 1. The summed E-state index contributed by atoms with van der Waals surface area (Å²) in [4.78, 5) is 0. The van der Waals surface area contributed by atoms with Gasteiger partial charge >= 0.3 is 0 Å². The van der Waals surface area contributed by atoms with Crippen molar-refractivity contribution in [1.29, 1.82) is 0 Å². The zero-order valence-corrected chi connectivity index (χ0v) is 12.1. The predicted octanol–water partition coefficient (Wildman–Crippen LogP) is 1.96. The second kappa shape index (κ2) is 4.20. The van der Waals surface area contributed by atoms with Crippen LogP contribution in [-0.4, -0.2) is 26.5 Å². The zero-order valence-electron chi connectivity index (χ0n) is 11.3. The molecule has 2 N–H and O–H groups in total. The third kappa shape index (κ3) is 2.46. The summed E-state index contributed by atoms with van der Waals surface area (Å²) < 4.78 is 23.9. The van der Waals surface area contributed by atoms with Crippen molar-refractivity contribution in [3.05, 3.63) is 0 Å². The Kier molecular flexibility index (Phi) is 3.02. The van der Waals surface area contributed by atoms with Crippen molar-refractivity contribution >= 4 is 9.84 Å². The molecule has 3 aliphatic carbocycles. The Morgan fingerprint density at radius 3 is 2.17 bits per heavy atom. The van der Waals surface area contributed by atoms with Crippen LogP contribution in [0, 0.1) is 23.2 Å². The van der Waals surface area contributed by atoms with Gasteiger partial charge in [-0.05, 0) is 61.8 Å². The van der Waals surface area contributed by atoms with E-state index in [1.54, 1.807) is 0 Å². The first kappa shape index (κ1) is 12.9. The minimum Gasteiger partial charge on any atom is -0.330 e. The van der Waals surface area contributed by atoms with Crippen LogP contribution in [0.3, 0.4) is 0 Å². The fourth-order valence-corrected chi connectivity index (χ4v) is 6.01. The summed E-state index contributed by atoms with van der Waals surface area (Å²) in [6.45, 7) is 0.751. The Bertz CT molecular complexity index is 417. The highest BCUT2D eigenvalue weighted by Gasteiger charge is 2.53. The Balaban J connectivity index is 1.65. The highest BCUT2D eigenvalue weighted by molar-refractivity contribution is 7.91. The first-order valence-electron chi connectivity index (χ1n) is 7.32. The average molecular weight is 271 g/mol. The summed E-state index contributed by atoms with van der Waals surface area (Å²) in [5, 5.41) is -0.0589. The molecule has 0 radical (unpaired) electrons. The van der Waals surface area contributed by atoms with Gasteiger partial charge in [-0.3, -0.25) is 0 Å². The van der Waals surface area contributed by atoms with Gasteiger partial charge in [0.15, 0.2) is 9.84 Å². The molecular formula is C14H25NO2S. The van der Waals surface area contributed by atoms with Crippen molar-refractivity contribution in [2.75, 3.05) is 12.8 Å². The van der Waals surface area contributed by atoms with Gasteiger partial charge in [0.25, 0.3) is 0 Å². The van der Waals surface area contributed by atoms with E-state index in [0.717, 1.165) is 38.1 Å². The lowest BCUT2D eigenvalue weighted by molar-refractivity contribution is 0.0418. The molecule has 104 valence electrons. The van der Waals surface area contributed by atoms with Crippen LogP contribution in [0.1, 0.15) is 44.9 Å². The van der Waals surface area contributed by atoms with E-state index in [9.17, 15) is 8.42 Å². The van der Waals surface area contributed by atoms with Crippen molar-refractivity contribution in [2.45, 2.75) is 50.2 Å². The lowest BCUT2D eigenvalue weighted by Crippen LogP contribution is -2.50. The van der Waals surface area contributed by atoms with E-state index in [-0.39, 0.29) is 5.25 Å². The van der Waals surface area contributed by atoms with E-state index in [2.05, 4.69) is 0 Å². The molecule has 1 unspecified atom stereocenters. The van der Waals surface area contributed by atoms with Crippen LogP contribution in [0.4, 0.5) is 0 Å². The number of sulfone groups is 1. The van der Waals surface area contributed by atoms with Crippen molar-refractivity contribution < 1.29 is 8.42 Å². The molecule has 0 aliphatic heterocycles.